The highest BCUT2D eigenvalue weighted by molar-refractivity contribution is 7.15. The number of aryl methyl sites for hydroxylation is 2. The molecule has 5 aromatic rings. The molecule has 3 heterocycles. The number of carbonyl (C=O) groups is 1. The largest absolute Gasteiger partial charge is 0.349 e. The van der Waals surface area contributed by atoms with Crippen LogP contribution in [0, 0.1) is 19.7 Å². The van der Waals surface area contributed by atoms with Crippen LogP contribution < -0.4 is 10.9 Å². The lowest BCUT2D eigenvalue weighted by Gasteiger charge is -2.14. The summed E-state index contributed by atoms with van der Waals surface area (Å²) in [6.07, 6.45) is 0.0317. The van der Waals surface area contributed by atoms with Gasteiger partial charge in [0.15, 0.2) is 4.96 Å². The fraction of sp³-hybridized carbons (Fsp3) is 0.185. The summed E-state index contributed by atoms with van der Waals surface area (Å²) in [4.78, 5) is 31.6. The van der Waals surface area contributed by atoms with Crippen molar-refractivity contribution in [2.45, 2.75) is 33.2 Å². The highest BCUT2D eigenvalue weighted by atomic mass is 32.1. The Hall–Kier alpha value is -4.11. The van der Waals surface area contributed by atoms with Crippen molar-refractivity contribution in [3.8, 4) is 16.9 Å². The maximum absolute atomic E-state index is 14.4. The zero-order valence-corrected chi connectivity index (χ0v) is 20.8. The third-order valence-electron chi connectivity index (χ3n) is 6.06. The van der Waals surface area contributed by atoms with Gasteiger partial charge in [-0.05, 0) is 44.5 Å². The number of benzene rings is 2. The lowest BCUT2D eigenvalue weighted by atomic mass is 10.1. The van der Waals surface area contributed by atoms with Gasteiger partial charge in [-0.15, -0.1) is 11.3 Å². The van der Waals surface area contributed by atoms with E-state index in [1.165, 1.54) is 26.5 Å². The molecule has 0 aliphatic rings. The number of halogens is 1. The minimum absolute atomic E-state index is 0.0317. The van der Waals surface area contributed by atoms with Crippen LogP contribution in [0.5, 0.6) is 0 Å². The topological polar surface area (TPSA) is 81.3 Å². The molecule has 1 amide bonds. The smallest absolute Gasteiger partial charge is 0.268 e. The van der Waals surface area contributed by atoms with E-state index >= 15 is 0 Å². The van der Waals surface area contributed by atoms with Gasteiger partial charge in [0.25, 0.3) is 5.56 Å². The third kappa shape index (κ3) is 4.33. The van der Waals surface area contributed by atoms with Gasteiger partial charge in [0.2, 0.25) is 5.91 Å². The second kappa shape index (κ2) is 9.50. The number of rotatable bonds is 6. The van der Waals surface area contributed by atoms with E-state index in [0.29, 0.717) is 39.0 Å². The molecule has 0 fully saturated rings. The van der Waals surface area contributed by atoms with Crippen LogP contribution in [0.15, 0.2) is 70.8 Å². The number of para-hydroxylation sites is 1. The minimum Gasteiger partial charge on any atom is -0.349 e. The van der Waals surface area contributed by atoms with Crippen LogP contribution in [-0.2, 0) is 11.2 Å². The Balaban J connectivity index is 1.49. The molecule has 0 saturated carbocycles. The normalized spacial score (nSPS) is 12.1. The summed E-state index contributed by atoms with van der Waals surface area (Å²) in [6, 6.07) is 17.6. The average molecular weight is 502 g/mol. The van der Waals surface area contributed by atoms with Crippen molar-refractivity contribution in [1.29, 1.82) is 0 Å². The second-order valence-electron chi connectivity index (χ2n) is 8.63. The molecule has 0 aliphatic heterocycles. The molecule has 1 atom stereocenters. The molecule has 0 aliphatic carbocycles. The van der Waals surface area contributed by atoms with Gasteiger partial charge in [0.1, 0.15) is 17.2 Å². The van der Waals surface area contributed by atoms with E-state index < -0.39 is 5.82 Å². The van der Waals surface area contributed by atoms with Gasteiger partial charge in [-0.25, -0.2) is 14.1 Å². The highest BCUT2D eigenvalue weighted by Gasteiger charge is 2.21. The molecule has 0 saturated heterocycles. The molecule has 182 valence electrons. The molecule has 9 heteroatoms. The Morgan fingerprint density at radius 1 is 1.11 bits per heavy atom. The van der Waals surface area contributed by atoms with Gasteiger partial charge < -0.3 is 5.32 Å². The lowest BCUT2D eigenvalue weighted by Crippen LogP contribution is -2.29. The van der Waals surface area contributed by atoms with Crippen LogP contribution in [-0.4, -0.2) is 25.1 Å². The molecule has 5 rings (SSSR count). The van der Waals surface area contributed by atoms with E-state index in [1.54, 1.807) is 43.5 Å². The molecule has 7 nitrogen and oxygen atoms in total. The predicted molar refractivity (Wildman–Crippen MR) is 138 cm³/mol. The molecule has 3 aromatic heterocycles. The molecule has 0 bridgehead atoms. The summed E-state index contributed by atoms with van der Waals surface area (Å²) in [5.74, 6) is -0.604. The van der Waals surface area contributed by atoms with Crippen LogP contribution in [0.2, 0.25) is 0 Å². The summed E-state index contributed by atoms with van der Waals surface area (Å²) >= 11 is 1.31. The van der Waals surface area contributed by atoms with E-state index in [-0.39, 0.29) is 23.9 Å². The Morgan fingerprint density at radius 3 is 2.58 bits per heavy atom. The first kappa shape index (κ1) is 23.6. The van der Waals surface area contributed by atoms with Gasteiger partial charge in [0, 0.05) is 16.8 Å². The third-order valence-corrected chi connectivity index (χ3v) is 6.94. The van der Waals surface area contributed by atoms with Crippen molar-refractivity contribution in [2.24, 2.45) is 0 Å². The SMILES string of the molecule is Cc1nc2scc(CC(=O)N[C@H](C)c3ccccc3)n2c(=O)c1-c1cc(C)n(-c2ccccc2F)n1. The molecule has 0 unspecified atom stereocenters. The summed E-state index contributed by atoms with van der Waals surface area (Å²) in [5, 5.41) is 9.30. The number of amides is 1. The maximum atomic E-state index is 14.4. The number of thiazole rings is 1. The van der Waals surface area contributed by atoms with Crippen molar-refractivity contribution >= 4 is 22.2 Å². The van der Waals surface area contributed by atoms with Gasteiger partial charge in [0.05, 0.1) is 23.7 Å². The first-order chi connectivity index (χ1) is 17.3. The standard InChI is InChI=1S/C27H24FN5O2S/c1-16-13-22(31-33(16)23-12-8-7-11-21(23)28)25-18(3)30-27-32(26(25)35)20(15-36-27)14-24(34)29-17(2)19-9-5-4-6-10-19/h4-13,15,17H,14H2,1-3H3,(H,29,34)/t17-/m1/s1. The van der Waals surface area contributed by atoms with Crippen LogP contribution in [0.25, 0.3) is 21.9 Å². The van der Waals surface area contributed by atoms with Gasteiger partial charge in [-0.2, -0.15) is 5.10 Å². The molecule has 2 aromatic carbocycles. The van der Waals surface area contributed by atoms with Crippen molar-refractivity contribution in [3.63, 3.8) is 0 Å². The van der Waals surface area contributed by atoms with Crippen LogP contribution in [0.1, 0.15) is 35.6 Å². The molecule has 1 N–H and O–H groups in total. The quantitative estimate of drug-likeness (QED) is 0.363. The summed E-state index contributed by atoms with van der Waals surface area (Å²) in [7, 11) is 0. The van der Waals surface area contributed by atoms with E-state index in [9.17, 15) is 14.0 Å². The molecule has 0 spiro atoms. The van der Waals surface area contributed by atoms with Crippen LogP contribution in [0.4, 0.5) is 4.39 Å². The Bertz CT molecular complexity index is 1640. The number of hydrogen-bond acceptors (Lipinski definition) is 5. The first-order valence-electron chi connectivity index (χ1n) is 11.5. The highest BCUT2D eigenvalue weighted by Crippen LogP contribution is 2.24. The monoisotopic (exact) mass is 501 g/mol. The van der Waals surface area contributed by atoms with Crippen LogP contribution >= 0.6 is 11.3 Å². The van der Waals surface area contributed by atoms with E-state index in [4.69, 9.17) is 0 Å². The predicted octanol–water partition coefficient (Wildman–Crippen LogP) is 4.78. The molecular formula is C27H24FN5O2S. The summed E-state index contributed by atoms with van der Waals surface area (Å²) < 4.78 is 17.3. The van der Waals surface area contributed by atoms with Crippen molar-refractivity contribution < 1.29 is 9.18 Å². The first-order valence-corrected chi connectivity index (χ1v) is 12.4. The number of nitrogens with zero attached hydrogens (tertiary/aromatic N) is 4. The Morgan fingerprint density at radius 2 is 1.83 bits per heavy atom. The van der Waals surface area contributed by atoms with E-state index in [2.05, 4.69) is 15.4 Å². The van der Waals surface area contributed by atoms with Crippen LogP contribution in [0.3, 0.4) is 0 Å². The van der Waals surface area contributed by atoms with Gasteiger partial charge in [-0.1, -0.05) is 42.5 Å². The zero-order valence-electron chi connectivity index (χ0n) is 20.0. The fourth-order valence-electron chi connectivity index (χ4n) is 4.27. The minimum atomic E-state index is -0.409. The fourth-order valence-corrected chi connectivity index (χ4v) is 5.20. The van der Waals surface area contributed by atoms with E-state index in [0.717, 1.165) is 5.56 Å². The average Bonchev–Trinajstić information content (AvgIpc) is 3.43. The van der Waals surface area contributed by atoms with Crippen molar-refractivity contribution in [1.82, 2.24) is 24.5 Å². The summed E-state index contributed by atoms with van der Waals surface area (Å²) in [6.45, 7) is 5.47. The number of aromatic nitrogens is 4. The maximum Gasteiger partial charge on any atom is 0.268 e. The van der Waals surface area contributed by atoms with E-state index in [1.807, 2.05) is 37.3 Å². The Kier molecular flexibility index (Phi) is 6.24. The molecule has 36 heavy (non-hydrogen) atoms. The van der Waals surface area contributed by atoms with Crippen molar-refractivity contribution in [3.05, 3.63) is 105 Å². The van der Waals surface area contributed by atoms with Gasteiger partial charge in [-0.3, -0.25) is 14.0 Å². The number of carbonyl (C=O) groups excluding carboxylic acids is 1. The zero-order chi connectivity index (χ0) is 25.4. The lowest BCUT2D eigenvalue weighted by molar-refractivity contribution is -0.121. The Labute approximate surface area is 210 Å². The molecule has 0 radical (unpaired) electrons. The second-order valence-corrected chi connectivity index (χ2v) is 9.47. The van der Waals surface area contributed by atoms with Crippen molar-refractivity contribution in [2.75, 3.05) is 0 Å². The summed E-state index contributed by atoms with van der Waals surface area (Å²) in [5.41, 5.74) is 3.47. The number of nitrogens with one attached hydrogen (secondary N) is 1. The molecular weight excluding hydrogens is 477 g/mol. The number of hydrogen-bond donors (Lipinski definition) is 1. The van der Waals surface area contributed by atoms with Gasteiger partial charge >= 0.3 is 0 Å². The number of fused-ring (bicyclic) bond motifs is 1.